The van der Waals surface area contributed by atoms with Crippen molar-refractivity contribution in [1.29, 1.82) is 0 Å². The summed E-state index contributed by atoms with van der Waals surface area (Å²) in [6.45, 7) is 0. The highest BCUT2D eigenvalue weighted by atomic mass is 33.1. The van der Waals surface area contributed by atoms with Crippen LogP contribution in [0.5, 0.6) is 0 Å². The molecule has 0 aliphatic carbocycles. The summed E-state index contributed by atoms with van der Waals surface area (Å²) in [5.74, 6) is 0. The number of H-pyrrole nitrogens is 1. The van der Waals surface area contributed by atoms with E-state index in [2.05, 4.69) is 4.98 Å². The van der Waals surface area contributed by atoms with Crippen LogP contribution >= 0.6 is 32.9 Å². The Balaban J connectivity index is 2.01. The van der Waals surface area contributed by atoms with Crippen LogP contribution in [0.25, 0.3) is 10.1 Å². The van der Waals surface area contributed by atoms with Crippen LogP contribution in [-0.2, 0) is 0 Å². The molecule has 1 aliphatic rings. The van der Waals surface area contributed by atoms with Crippen LogP contribution in [-0.4, -0.2) is 4.98 Å². The third-order valence-electron chi connectivity index (χ3n) is 3.19. The predicted molar refractivity (Wildman–Crippen MR) is 84.2 cm³/mol. The van der Waals surface area contributed by atoms with Crippen molar-refractivity contribution in [1.82, 2.24) is 4.98 Å². The Labute approximate surface area is 121 Å². The fourth-order valence-corrected chi connectivity index (χ4v) is 6.91. The molecule has 94 valence electrons. The number of benzene rings is 1. The van der Waals surface area contributed by atoms with Crippen molar-refractivity contribution < 1.29 is 0 Å². The van der Waals surface area contributed by atoms with Gasteiger partial charge in [-0.2, -0.15) is 0 Å². The van der Waals surface area contributed by atoms with Crippen LogP contribution in [0.3, 0.4) is 0 Å². The van der Waals surface area contributed by atoms with Crippen molar-refractivity contribution in [2.24, 2.45) is 0 Å². The molecule has 3 aromatic rings. The molecular weight excluding hydrogens is 294 g/mol. The first-order valence-corrected chi connectivity index (χ1v) is 8.90. The SMILES string of the molecule is O=c1c2c(sc3ccccc13)SSC2c1ccc[nH]1. The highest BCUT2D eigenvalue weighted by molar-refractivity contribution is 8.77. The summed E-state index contributed by atoms with van der Waals surface area (Å²) in [5.41, 5.74) is 2.23. The third kappa shape index (κ3) is 1.76. The monoisotopic (exact) mass is 303 g/mol. The van der Waals surface area contributed by atoms with Gasteiger partial charge in [0.05, 0.1) is 9.46 Å². The standard InChI is InChI=1S/C14H9NOS3/c16-12-8-4-1-2-6-10(8)17-14-11(12)13(18-19-14)9-5-3-7-15-9/h1-7,13,15H. The lowest BCUT2D eigenvalue weighted by molar-refractivity contribution is 1.06. The molecule has 1 N–H and O–H groups in total. The Morgan fingerprint density at radius 2 is 2.00 bits per heavy atom. The Kier molecular flexibility index (Phi) is 2.72. The molecule has 2 aromatic heterocycles. The Morgan fingerprint density at radius 3 is 2.84 bits per heavy atom. The van der Waals surface area contributed by atoms with Crippen LogP contribution in [0.1, 0.15) is 16.5 Å². The second kappa shape index (κ2) is 4.44. The second-order valence-electron chi connectivity index (χ2n) is 4.31. The minimum Gasteiger partial charge on any atom is -0.364 e. The van der Waals surface area contributed by atoms with E-state index in [0.29, 0.717) is 0 Å². The summed E-state index contributed by atoms with van der Waals surface area (Å²) in [6.07, 6.45) is 1.91. The van der Waals surface area contributed by atoms with E-state index in [1.54, 1.807) is 32.9 Å². The Hall–Kier alpha value is -1.17. The summed E-state index contributed by atoms with van der Waals surface area (Å²) in [7, 11) is 3.47. The zero-order valence-corrected chi connectivity index (χ0v) is 12.2. The van der Waals surface area contributed by atoms with E-state index in [4.69, 9.17) is 0 Å². The average molecular weight is 303 g/mol. The molecule has 1 unspecified atom stereocenters. The minimum atomic E-state index is 0.128. The number of rotatable bonds is 1. The van der Waals surface area contributed by atoms with Crippen molar-refractivity contribution in [2.45, 2.75) is 9.46 Å². The number of aromatic amines is 1. The fraction of sp³-hybridized carbons (Fsp3) is 0.0714. The summed E-state index contributed by atoms with van der Waals surface area (Å²) < 4.78 is 2.22. The maximum absolute atomic E-state index is 12.7. The molecule has 3 heterocycles. The highest BCUT2D eigenvalue weighted by Crippen LogP contribution is 2.56. The van der Waals surface area contributed by atoms with Gasteiger partial charge in [-0.15, -0.1) is 11.3 Å². The molecule has 0 spiro atoms. The van der Waals surface area contributed by atoms with Gasteiger partial charge in [-0.05, 0) is 35.1 Å². The molecule has 4 rings (SSSR count). The lowest BCUT2D eigenvalue weighted by Gasteiger charge is -2.07. The van der Waals surface area contributed by atoms with Crippen LogP contribution < -0.4 is 5.43 Å². The van der Waals surface area contributed by atoms with Gasteiger partial charge in [0.2, 0.25) is 0 Å². The molecule has 0 saturated heterocycles. The summed E-state index contributed by atoms with van der Waals surface area (Å²) in [5, 5.41) is 0.967. The van der Waals surface area contributed by atoms with Gasteiger partial charge < -0.3 is 4.98 Å². The first-order valence-electron chi connectivity index (χ1n) is 5.87. The molecular formula is C14H9NOS3. The largest absolute Gasteiger partial charge is 0.364 e. The highest BCUT2D eigenvalue weighted by Gasteiger charge is 2.30. The molecule has 0 amide bonds. The summed E-state index contributed by atoms with van der Waals surface area (Å²) in [6, 6.07) is 11.9. The molecule has 0 radical (unpaired) electrons. The molecule has 0 saturated carbocycles. The topological polar surface area (TPSA) is 32.9 Å². The van der Waals surface area contributed by atoms with Crippen molar-refractivity contribution in [3.63, 3.8) is 0 Å². The van der Waals surface area contributed by atoms with E-state index in [1.165, 1.54) is 0 Å². The number of hydrogen-bond donors (Lipinski definition) is 1. The first kappa shape index (κ1) is 11.6. The second-order valence-corrected chi connectivity index (χ2v) is 7.94. The zero-order valence-electron chi connectivity index (χ0n) is 9.75. The van der Waals surface area contributed by atoms with Gasteiger partial charge in [-0.1, -0.05) is 22.9 Å². The molecule has 0 fully saturated rings. The molecule has 0 bridgehead atoms. The van der Waals surface area contributed by atoms with Crippen LogP contribution in [0.2, 0.25) is 0 Å². The van der Waals surface area contributed by atoms with Crippen molar-refractivity contribution in [3.05, 3.63) is 64.1 Å². The Morgan fingerprint density at radius 1 is 1.11 bits per heavy atom. The number of nitrogens with one attached hydrogen (secondary N) is 1. The Bertz CT molecular complexity index is 807. The third-order valence-corrected chi connectivity index (χ3v) is 7.50. The van der Waals surface area contributed by atoms with Crippen molar-refractivity contribution in [3.8, 4) is 0 Å². The molecule has 5 heteroatoms. The number of hydrogen-bond acceptors (Lipinski definition) is 4. The van der Waals surface area contributed by atoms with Gasteiger partial charge in [0.1, 0.15) is 0 Å². The number of fused-ring (bicyclic) bond motifs is 2. The van der Waals surface area contributed by atoms with Gasteiger partial charge in [0.15, 0.2) is 5.43 Å². The lowest BCUT2D eigenvalue weighted by Crippen LogP contribution is -2.10. The van der Waals surface area contributed by atoms with Crippen molar-refractivity contribution in [2.75, 3.05) is 0 Å². The van der Waals surface area contributed by atoms with Crippen LogP contribution in [0.4, 0.5) is 0 Å². The molecule has 1 atom stereocenters. The molecule has 1 aliphatic heterocycles. The smallest absolute Gasteiger partial charge is 0.193 e. The zero-order chi connectivity index (χ0) is 12.8. The van der Waals surface area contributed by atoms with Crippen molar-refractivity contribution >= 4 is 43.0 Å². The minimum absolute atomic E-state index is 0.128. The summed E-state index contributed by atoms with van der Waals surface area (Å²) in [4.78, 5) is 15.9. The predicted octanol–water partition coefficient (Wildman–Crippen LogP) is 4.43. The van der Waals surface area contributed by atoms with E-state index in [1.807, 2.05) is 42.6 Å². The first-order chi connectivity index (χ1) is 9.34. The lowest BCUT2D eigenvalue weighted by atomic mass is 10.1. The van der Waals surface area contributed by atoms with Gasteiger partial charge in [-0.25, -0.2) is 0 Å². The van der Waals surface area contributed by atoms with Gasteiger partial charge in [0, 0.05) is 27.5 Å². The van der Waals surface area contributed by atoms with Gasteiger partial charge in [0.25, 0.3) is 0 Å². The maximum Gasteiger partial charge on any atom is 0.193 e. The van der Waals surface area contributed by atoms with E-state index < -0.39 is 0 Å². The number of aromatic nitrogens is 1. The molecule has 2 nitrogen and oxygen atoms in total. The average Bonchev–Trinajstić information content (AvgIpc) is 3.07. The van der Waals surface area contributed by atoms with E-state index in [-0.39, 0.29) is 10.7 Å². The van der Waals surface area contributed by atoms with Gasteiger partial charge in [-0.3, -0.25) is 4.79 Å². The maximum atomic E-state index is 12.7. The molecule has 1 aromatic carbocycles. The van der Waals surface area contributed by atoms with E-state index in [0.717, 1.165) is 25.6 Å². The fourth-order valence-electron chi connectivity index (χ4n) is 2.28. The normalized spacial score (nSPS) is 17.8. The van der Waals surface area contributed by atoms with E-state index >= 15 is 0 Å². The van der Waals surface area contributed by atoms with E-state index in [9.17, 15) is 4.79 Å². The summed E-state index contributed by atoms with van der Waals surface area (Å²) >= 11 is 1.72. The van der Waals surface area contributed by atoms with Gasteiger partial charge >= 0.3 is 0 Å². The molecule has 19 heavy (non-hydrogen) atoms. The van der Waals surface area contributed by atoms with Crippen LogP contribution in [0, 0.1) is 0 Å². The van der Waals surface area contributed by atoms with Crippen LogP contribution in [0.15, 0.2) is 51.6 Å². The quantitative estimate of drug-likeness (QED) is 0.675.